The molecular formula is C22H24N2O3. The summed E-state index contributed by atoms with van der Waals surface area (Å²) in [6, 6.07) is 15.7. The topological polar surface area (TPSA) is 54.6 Å². The number of amides is 1. The fourth-order valence-electron chi connectivity index (χ4n) is 3.47. The predicted molar refractivity (Wildman–Crippen MR) is 105 cm³/mol. The van der Waals surface area contributed by atoms with Crippen LogP contribution in [-0.2, 0) is 17.8 Å². The van der Waals surface area contributed by atoms with Gasteiger partial charge in [0.05, 0.1) is 6.61 Å². The van der Waals surface area contributed by atoms with Crippen molar-refractivity contribution >= 4 is 16.8 Å². The Labute approximate surface area is 158 Å². The van der Waals surface area contributed by atoms with Gasteiger partial charge in [-0.25, -0.2) is 0 Å². The van der Waals surface area contributed by atoms with Gasteiger partial charge < -0.3 is 19.4 Å². The first-order valence-electron chi connectivity index (χ1n) is 9.46. The van der Waals surface area contributed by atoms with E-state index in [1.807, 2.05) is 41.3 Å². The summed E-state index contributed by atoms with van der Waals surface area (Å²) in [5.74, 6) is 1.51. The Balaban J connectivity index is 1.36. The van der Waals surface area contributed by atoms with Crippen molar-refractivity contribution in [1.82, 2.24) is 9.88 Å². The Morgan fingerprint density at radius 3 is 2.59 bits per heavy atom. The Morgan fingerprint density at radius 2 is 1.81 bits per heavy atom. The summed E-state index contributed by atoms with van der Waals surface area (Å²) in [7, 11) is 0. The van der Waals surface area contributed by atoms with Gasteiger partial charge in [0, 0.05) is 41.7 Å². The first kappa shape index (κ1) is 17.5. The molecular weight excluding hydrogens is 340 g/mol. The lowest BCUT2D eigenvalue weighted by Crippen LogP contribution is -2.38. The summed E-state index contributed by atoms with van der Waals surface area (Å²) >= 11 is 0. The van der Waals surface area contributed by atoms with E-state index in [2.05, 4.69) is 24.0 Å². The second-order valence-electron chi connectivity index (χ2n) is 6.80. The van der Waals surface area contributed by atoms with Gasteiger partial charge in [-0.15, -0.1) is 0 Å². The van der Waals surface area contributed by atoms with Crippen molar-refractivity contribution in [1.29, 1.82) is 0 Å². The van der Waals surface area contributed by atoms with Crippen LogP contribution in [-0.4, -0.2) is 35.5 Å². The van der Waals surface area contributed by atoms with Crippen LogP contribution in [0.15, 0.2) is 48.5 Å². The molecule has 140 valence electrons. The van der Waals surface area contributed by atoms with Crippen molar-refractivity contribution in [3.8, 4) is 11.5 Å². The molecule has 2 heterocycles. The van der Waals surface area contributed by atoms with Crippen LogP contribution in [0, 0.1) is 0 Å². The molecule has 1 aliphatic heterocycles. The van der Waals surface area contributed by atoms with E-state index in [0.717, 1.165) is 24.1 Å². The second-order valence-corrected chi connectivity index (χ2v) is 6.80. The standard InChI is InChI=1S/C22H24N2O3/c1-2-13-26-16-7-9-17(10-8-16)27-15-22(25)24-12-11-21-19(14-24)18-5-3-4-6-20(18)23-21/h3-10,23H,2,11-15H2,1H3. The molecule has 3 aromatic rings. The van der Waals surface area contributed by atoms with Gasteiger partial charge in [0.2, 0.25) is 0 Å². The molecule has 0 bridgehead atoms. The van der Waals surface area contributed by atoms with E-state index in [0.29, 0.717) is 25.4 Å². The summed E-state index contributed by atoms with van der Waals surface area (Å²) in [5, 5.41) is 1.20. The summed E-state index contributed by atoms with van der Waals surface area (Å²) in [6.45, 7) is 4.16. The second kappa shape index (κ2) is 7.74. The van der Waals surface area contributed by atoms with Crippen molar-refractivity contribution in [3.63, 3.8) is 0 Å². The predicted octanol–water partition coefficient (Wildman–Crippen LogP) is 3.92. The highest BCUT2D eigenvalue weighted by molar-refractivity contribution is 5.86. The number of nitrogens with zero attached hydrogens (tertiary/aromatic N) is 1. The number of carbonyl (C=O) groups is 1. The zero-order valence-electron chi connectivity index (χ0n) is 15.5. The van der Waals surface area contributed by atoms with E-state index in [-0.39, 0.29) is 12.5 Å². The van der Waals surface area contributed by atoms with Gasteiger partial charge in [-0.2, -0.15) is 0 Å². The maximum absolute atomic E-state index is 12.6. The van der Waals surface area contributed by atoms with Crippen molar-refractivity contribution in [2.45, 2.75) is 26.3 Å². The number of hydrogen-bond acceptors (Lipinski definition) is 3. The molecule has 0 radical (unpaired) electrons. The Morgan fingerprint density at radius 1 is 1.07 bits per heavy atom. The molecule has 4 rings (SSSR count). The maximum Gasteiger partial charge on any atom is 0.260 e. The number of benzene rings is 2. The number of aromatic nitrogens is 1. The number of fused-ring (bicyclic) bond motifs is 3. The van der Waals surface area contributed by atoms with Crippen molar-refractivity contribution in [2.24, 2.45) is 0 Å². The van der Waals surface area contributed by atoms with Crippen LogP contribution in [0.1, 0.15) is 24.6 Å². The van der Waals surface area contributed by atoms with Crippen LogP contribution in [0.3, 0.4) is 0 Å². The van der Waals surface area contributed by atoms with Crippen LogP contribution in [0.4, 0.5) is 0 Å². The number of hydrogen-bond donors (Lipinski definition) is 1. The number of ether oxygens (including phenoxy) is 2. The monoisotopic (exact) mass is 364 g/mol. The van der Waals surface area contributed by atoms with Crippen LogP contribution < -0.4 is 9.47 Å². The molecule has 2 aromatic carbocycles. The largest absolute Gasteiger partial charge is 0.494 e. The fourth-order valence-corrected chi connectivity index (χ4v) is 3.47. The van der Waals surface area contributed by atoms with Gasteiger partial charge in [-0.1, -0.05) is 25.1 Å². The maximum atomic E-state index is 12.6. The highest BCUT2D eigenvalue weighted by Gasteiger charge is 2.24. The number of carbonyl (C=O) groups excluding carboxylic acids is 1. The lowest BCUT2D eigenvalue weighted by molar-refractivity contribution is -0.134. The summed E-state index contributed by atoms with van der Waals surface area (Å²) in [5.41, 5.74) is 3.60. The third-order valence-electron chi connectivity index (χ3n) is 4.89. The zero-order valence-corrected chi connectivity index (χ0v) is 15.5. The molecule has 0 spiro atoms. The summed E-state index contributed by atoms with van der Waals surface area (Å²) in [6.07, 6.45) is 1.82. The van der Waals surface area contributed by atoms with Gasteiger partial charge in [0.25, 0.3) is 5.91 Å². The number of rotatable bonds is 6. The van der Waals surface area contributed by atoms with Gasteiger partial charge in [-0.3, -0.25) is 4.79 Å². The molecule has 0 unspecified atom stereocenters. The van der Waals surface area contributed by atoms with Gasteiger partial charge in [-0.05, 0) is 36.8 Å². The third-order valence-corrected chi connectivity index (χ3v) is 4.89. The lowest BCUT2D eigenvalue weighted by atomic mass is 10.0. The molecule has 0 aliphatic carbocycles. The molecule has 0 atom stereocenters. The zero-order chi connectivity index (χ0) is 18.6. The summed E-state index contributed by atoms with van der Waals surface area (Å²) < 4.78 is 11.2. The minimum atomic E-state index is 0.0113. The molecule has 1 aliphatic rings. The van der Waals surface area contributed by atoms with E-state index < -0.39 is 0 Å². The quantitative estimate of drug-likeness (QED) is 0.721. The first-order chi connectivity index (χ1) is 13.2. The van der Waals surface area contributed by atoms with E-state index in [4.69, 9.17) is 9.47 Å². The van der Waals surface area contributed by atoms with Crippen LogP contribution >= 0.6 is 0 Å². The normalized spacial score (nSPS) is 13.4. The Hall–Kier alpha value is -2.95. The molecule has 1 amide bonds. The van der Waals surface area contributed by atoms with Crippen LogP contribution in [0.2, 0.25) is 0 Å². The third kappa shape index (κ3) is 3.77. The molecule has 1 N–H and O–H groups in total. The van der Waals surface area contributed by atoms with Gasteiger partial charge in [0.1, 0.15) is 11.5 Å². The van der Waals surface area contributed by atoms with Crippen molar-refractivity contribution < 1.29 is 14.3 Å². The van der Waals surface area contributed by atoms with Crippen LogP contribution in [0.5, 0.6) is 11.5 Å². The minimum Gasteiger partial charge on any atom is -0.494 e. The van der Waals surface area contributed by atoms with Crippen molar-refractivity contribution in [3.05, 3.63) is 59.8 Å². The first-order valence-corrected chi connectivity index (χ1v) is 9.46. The molecule has 0 fully saturated rings. The van der Waals surface area contributed by atoms with Crippen molar-refractivity contribution in [2.75, 3.05) is 19.8 Å². The molecule has 27 heavy (non-hydrogen) atoms. The number of para-hydroxylation sites is 1. The van der Waals surface area contributed by atoms with E-state index in [1.54, 1.807) is 0 Å². The SMILES string of the molecule is CCCOc1ccc(OCC(=O)N2CCc3[nH]c4ccccc4c3C2)cc1. The number of nitrogens with one attached hydrogen (secondary N) is 1. The highest BCUT2D eigenvalue weighted by Crippen LogP contribution is 2.27. The average molecular weight is 364 g/mol. The Bertz CT molecular complexity index is 930. The molecule has 1 aromatic heterocycles. The molecule has 5 nitrogen and oxygen atoms in total. The number of H-pyrrole nitrogens is 1. The highest BCUT2D eigenvalue weighted by atomic mass is 16.5. The number of aromatic amines is 1. The average Bonchev–Trinajstić information content (AvgIpc) is 3.09. The molecule has 5 heteroatoms. The van der Waals surface area contributed by atoms with E-state index in [9.17, 15) is 4.79 Å². The van der Waals surface area contributed by atoms with E-state index in [1.165, 1.54) is 16.6 Å². The summed E-state index contributed by atoms with van der Waals surface area (Å²) in [4.78, 5) is 18.0. The smallest absolute Gasteiger partial charge is 0.260 e. The molecule has 0 saturated carbocycles. The van der Waals surface area contributed by atoms with Gasteiger partial charge in [0.15, 0.2) is 6.61 Å². The van der Waals surface area contributed by atoms with Gasteiger partial charge >= 0.3 is 0 Å². The minimum absolute atomic E-state index is 0.0113. The molecule has 0 saturated heterocycles. The fraction of sp³-hybridized carbons (Fsp3) is 0.318. The Kier molecular flexibility index (Phi) is 5.01. The lowest BCUT2D eigenvalue weighted by Gasteiger charge is -2.27. The van der Waals surface area contributed by atoms with Crippen LogP contribution in [0.25, 0.3) is 10.9 Å². The van der Waals surface area contributed by atoms with E-state index >= 15 is 0 Å².